The lowest BCUT2D eigenvalue weighted by Crippen LogP contribution is -2.14. The zero-order valence-electron chi connectivity index (χ0n) is 20.6. The Balaban J connectivity index is 1.72. The molecule has 0 amide bonds. The molecule has 0 unspecified atom stereocenters. The van der Waals surface area contributed by atoms with E-state index in [-0.39, 0.29) is 11.6 Å². The third-order valence-corrected chi connectivity index (χ3v) is 7.10. The predicted molar refractivity (Wildman–Crippen MR) is 144 cm³/mol. The highest BCUT2D eigenvalue weighted by atomic mass is 32.2. The molecule has 182 valence electrons. The van der Waals surface area contributed by atoms with Gasteiger partial charge in [-0.05, 0) is 61.7 Å². The first-order valence-corrected chi connectivity index (χ1v) is 12.6. The molecule has 0 bridgehead atoms. The van der Waals surface area contributed by atoms with Crippen LogP contribution in [0.1, 0.15) is 36.7 Å². The number of aromatic nitrogens is 2. The van der Waals surface area contributed by atoms with E-state index in [0.29, 0.717) is 28.3 Å². The Morgan fingerprint density at radius 2 is 1.83 bits per heavy atom. The van der Waals surface area contributed by atoms with Crippen LogP contribution >= 0.6 is 11.8 Å². The standard InChI is InChI=1S/C29H28N4O2S/c1-4-5-11-25-26(33(3)22-9-6-8-20(17-22)18-30)27(34)28(29(35)32-25)36-23-14-12-21(13-15-23)24-10-7-16-31-19(24)2/h6-10,12-17H,4-5,11H2,1-3H3,(H2,32,34,35). The fourth-order valence-electron chi connectivity index (χ4n) is 4.07. The molecule has 2 aromatic heterocycles. The van der Waals surface area contributed by atoms with E-state index in [4.69, 9.17) is 0 Å². The number of hydrogen-bond acceptors (Lipinski definition) is 7. The van der Waals surface area contributed by atoms with Crippen molar-refractivity contribution in [2.75, 3.05) is 11.9 Å². The quantitative estimate of drug-likeness (QED) is 0.271. The topological polar surface area (TPSA) is 93.3 Å². The molecule has 0 aliphatic rings. The van der Waals surface area contributed by atoms with Gasteiger partial charge in [0.2, 0.25) is 5.88 Å². The van der Waals surface area contributed by atoms with E-state index in [1.54, 1.807) is 18.3 Å². The Kier molecular flexibility index (Phi) is 7.77. The fraction of sp³-hybridized carbons (Fsp3) is 0.207. The predicted octanol–water partition coefficient (Wildman–Crippen LogP) is 7.00. The molecule has 0 aliphatic heterocycles. The Morgan fingerprint density at radius 3 is 2.53 bits per heavy atom. The number of aromatic hydroxyl groups is 2. The van der Waals surface area contributed by atoms with E-state index in [2.05, 4.69) is 23.0 Å². The van der Waals surface area contributed by atoms with Gasteiger partial charge in [0, 0.05) is 35.1 Å². The van der Waals surface area contributed by atoms with E-state index in [1.807, 2.05) is 67.4 Å². The Morgan fingerprint density at radius 1 is 1.06 bits per heavy atom. The molecule has 0 atom stereocenters. The molecule has 4 rings (SSSR count). The van der Waals surface area contributed by atoms with E-state index < -0.39 is 0 Å². The van der Waals surface area contributed by atoms with Crippen LogP contribution in [0.4, 0.5) is 11.4 Å². The third-order valence-electron chi connectivity index (χ3n) is 6.01. The molecule has 2 aromatic carbocycles. The second kappa shape index (κ2) is 11.1. The summed E-state index contributed by atoms with van der Waals surface area (Å²) in [7, 11) is 1.83. The lowest BCUT2D eigenvalue weighted by Gasteiger charge is -2.25. The summed E-state index contributed by atoms with van der Waals surface area (Å²) in [4.78, 5) is 11.8. The van der Waals surface area contributed by atoms with Crippen LogP contribution in [0.15, 0.2) is 76.7 Å². The summed E-state index contributed by atoms with van der Waals surface area (Å²) < 4.78 is 0. The summed E-state index contributed by atoms with van der Waals surface area (Å²) in [6.07, 6.45) is 4.21. The largest absolute Gasteiger partial charge is 0.504 e. The minimum Gasteiger partial charge on any atom is -0.504 e. The number of rotatable bonds is 8. The molecule has 0 saturated carbocycles. The number of benzene rings is 2. The molecular weight excluding hydrogens is 468 g/mol. The smallest absolute Gasteiger partial charge is 0.229 e. The van der Waals surface area contributed by atoms with Crippen molar-refractivity contribution >= 4 is 23.1 Å². The first-order chi connectivity index (χ1) is 17.4. The average molecular weight is 497 g/mol. The highest BCUT2D eigenvalue weighted by Gasteiger charge is 2.23. The fourth-order valence-corrected chi connectivity index (χ4v) is 4.91. The summed E-state index contributed by atoms with van der Waals surface area (Å²) >= 11 is 1.26. The van der Waals surface area contributed by atoms with Crippen LogP contribution < -0.4 is 4.90 Å². The normalized spacial score (nSPS) is 10.7. The lowest BCUT2D eigenvalue weighted by atomic mass is 10.1. The van der Waals surface area contributed by atoms with Crippen molar-refractivity contribution in [3.63, 3.8) is 0 Å². The van der Waals surface area contributed by atoms with Crippen molar-refractivity contribution in [3.05, 3.63) is 83.8 Å². The minimum atomic E-state index is -0.196. The average Bonchev–Trinajstić information content (AvgIpc) is 2.90. The van der Waals surface area contributed by atoms with Crippen molar-refractivity contribution in [2.45, 2.75) is 42.9 Å². The number of nitrogens with zero attached hydrogens (tertiary/aromatic N) is 4. The number of hydrogen-bond donors (Lipinski definition) is 2. The molecule has 7 heteroatoms. The maximum absolute atomic E-state index is 11.4. The van der Waals surface area contributed by atoms with Crippen LogP contribution in [-0.4, -0.2) is 27.2 Å². The van der Waals surface area contributed by atoms with Gasteiger partial charge in [-0.25, -0.2) is 4.98 Å². The van der Waals surface area contributed by atoms with Gasteiger partial charge in [0.05, 0.1) is 17.3 Å². The molecule has 0 fully saturated rings. The monoisotopic (exact) mass is 496 g/mol. The van der Waals surface area contributed by atoms with Gasteiger partial charge in [0.1, 0.15) is 10.6 Å². The minimum absolute atomic E-state index is 0.0318. The molecular formula is C29H28N4O2S. The van der Waals surface area contributed by atoms with E-state index in [0.717, 1.165) is 40.2 Å². The Bertz CT molecular complexity index is 1410. The van der Waals surface area contributed by atoms with Gasteiger partial charge in [-0.1, -0.05) is 49.4 Å². The summed E-state index contributed by atoms with van der Waals surface area (Å²) in [5.74, 6) is -0.227. The number of nitriles is 1. The molecule has 0 spiro atoms. The van der Waals surface area contributed by atoms with Gasteiger partial charge in [0.15, 0.2) is 5.75 Å². The number of unbranched alkanes of at least 4 members (excludes halogenated alkanes) is 1. The SMILES string of the molecule is CCCCc1nc(O)c(Sc2ccc(-c3cccnc3C)cc2)c(O)c1N(C)c1cccc(C#N)c1. The van der Waals surface area contributed by atoms with Crippen LogP contribution in [0.3, 0.4) is 0 Å². The summed E-state index contributed by atoms with van der Waals surface area (Å²) in [5.41, 5.74) is 5.48. The molecule has 4 aromatic rings. The molecule has 0 aliphatic carbocycles. The third kappa shape index (κ3) is 5.29. The van der Waals surface area contributed by atoms with Gasteiger partial charge in [-0.3, -0.25) is 4.98 Å². The zero-order chi connectivity index (χ0) is 25.7. The molecule has 0 saturated heterocycles. The van der Waals surface area contributed by atoms with E-state index in [1.165, 1.54) is 11.8 Å². The maximum atomic E-state index is 11.4. The van der Waals surface area contributed by atoms with Crippen molar-refractivity contribution in [1.29, 1.82) is 5.26 Å². The molecule has 2 N–H and O–H groups in total. The van der Waals surface area contributed by atoms with E-state index in [9.17, 15) is 15.5 Å². The summed E-state index contributed by atoms with van der Waals surface area (Å²) in [6, 6.07) is 21.2. The van der Waals surface area contributed by atoms with Gasteiger partial charge < -0.3 is 15.1 Å². The highest BCUT2D eigenvalue weighted by Crippen LogP contribution is 2.48. The van der Waals surface area contributed by atoms with Crippen molar-refractivity contribution in [3.8, 4) is 28.8 Å². The Labute approximate surface area is 215 Å². The van der Waals surface area contributed by atoms with Crippen molar-refractivity contribution < 1.29 is 10.2 Å². The van der Waals surface area contributed by atoms with Gasteiger partial charge in [-0.2, -0.15) is 5.26 Å². The summed E-state index contributed by atoms with van der Waals surface area (Å²) in [6.45, 7) is 4.06. The van der Waals surface area contributed by atoms with Crippen LogP contribution in [0.5, 0.6) is 11.6 Å². The second-order valence-corrected chi connectivity index (χ2v) is 9.58. The lowest BCUT2D eigenvalue weighted by molar-refractivity contribution is 0.410. The zero-order valence-corrected chi connectivity index (χ0v) is 21.4. The highest BCUT2D eigenvalue weighted by molar-refractivity contribution is 7.99. The van der Waals surface area contributed by atoms with Crippen LogP contribution in [0.25, 0.3) is 11.1 Å². The van der Waals surface area contributed by atoms with Gasteiger partial charge in [-0.15, -0.1) is 0 Å². The van der Waals surface area contributed by atoms with Crippen molar-refractivity contribution in [1.82, 2.24) is 9.97 Å². The second-order valence-electron chi connectivity index (χ2n) is 8.50. The van der Waals surface area contributed by atoms with Gasteiger partial charge in [0.25, 0.3) is 0 Å². The summed E-state index contributed by atoms with van der Waals surface area (Å²) in [5, 5.41) is 31.5. The van der Waals surface area contributed by atoms with Crippen molar-refractivity contribution in [2.24, 2.45) is 0 Å². The van der Waals surface area contributed by atoms with Crippen LogP contribution in [0.2, 0.25) is 0 Å². The number of anilines is 2. The molecule has 0 radical (unpaired) electrons. The first kappa shape index (κ1) is 25.1. The van der Waals surface area contributed by atoms with Gasteiger partial charge >= 0.3 is 0 Å². The number of pyridine rings is 2. The van der Waals surface area contributed by atoms with E-state index >= 15 is 0 Å². The molecule has 6 nitrogen and oxygen atoms in total. The maximum Gasteiger partial charge on any atom is 0.229 e. The Hall–Kier alpha value is -4.02. The van der Waals surface area contributed by atoms with Crippen LogP contribution in [-0.2, 0) is 6.42 Å². The molecule has 36 heavy (non-hydrogen) atoms. The van der Waals surface area contributed by atoms with Crippen LogP contribution in [0, 0.1) is 18.3 Å². The first-order valence-electron chi connectivity index (χ1n) is 11.8. The number of aryl methyl sites for hydroxylation is 2. The molecule has 2 heterocycles.